The molecule has 0 aliphatic carbocycles. The lowest BCUT2D eigenvalue weighted by atomic mass is 10.0. The van der Waals surface area contributed by atoms with Crippen molar-refractivity contribution >= 4 is 22.4 Å². The number of nitrogens with zero attached hydrogens (tertiary/aromatic N) is 1. The van der Waals surface area contributed by atoms with Crippen molar-refractivity contribution in [3.05, 3.63) is 48.0 Å². The third kappa shape index (κ3) is 3.53. The van der Waals surface area contributed by atoms with Crippen LogP contribution in [-0.2, 0) is 6.54 Å². The Labute approximate surface area is 127 Å². The largest absolute Gasteiger partial charge is 0.295 e. The van der Waals surface area contributed by atoms with Gasteiger partial charge in [-0.2, -0.15) is 0 Å². The molecule has 2 heteroatoms. The van der Waals surface area contributed by atoms with E-state index in [1.54, 1.807) is 0 Å². The molecule has 0 saturated heterocycles. The van der Waals surface area contributed by atoms with E-state index in [0.29, 0.717) is 11.9 Å². The summed E-state index contributed by atoms with van der Waals surface area (Å²) in [6, 6.07) is 15.8. The van der Waals surface area contributed by atoms with Crippen molar-refractivity contribution in [2.75, 3.05) is 12.4 Å². The lowest BCUT2D eigenvalue weighted by molar-refractivity contribution is 0.189. The molecule has 108 valence electrons. The van der Waals surface area contributed by atoms with Crippen LogP contribution >= 0.6 is 11.6 Å². The molecule has 0 N–H and O–H groups in total. The first-order valence-electron chi connectivity index (χ1n) is 7.56. The number of hydrogen-bond acceptors (Lipinski definition) is 1. The summed E-state index contributed by atoms with van der Waals surface area (Å²) in [7, 11) is 0. The number of benzene rings is 2. The second kappa shape index (κ2) is 7.66. The molecule has 2 rings (SSSR count). The van der Waals surface area contributed by atoms with Crippen molar-refractivity contribution in [2.45, 2.75) is 39.3 Å². The van der Waals surface area contributed by atoms with E-state index in [4.69, 9.17) is 11.6 Å². The van der Waals surface area contributed by atoms with E-state index in [1.165, 1.54) is 29.2 Å². The molecule has 0 spiro atoms. The van der Waals surface area contributed by atoms with Crippen LogP contribution in [0, 0.1) is 0 Å². The maximum Gasteiger partial charge on any atom is 0.0351 e. The fourth-order valence-electron chi connectivity index (χ4n) is 2.95. The van der Waals surface area contributed by atoms with Crippen LogP contribution in [0.2, 0.25) is 0 Å². The Bertz CT molecular complexity index is 528. The predicted octanol–water partition coefficient (Wildman–Crippen LogP) is 5.07. The average Bonchev–Trinajstić information content (AvgIpc) is 2.49. The van der Waals surface area contributed by atoms with Gasteiger partial charge < -0.3 is 0 Å². The normalized spacial score (nSPS) is 11.7. The van der Waals surface area contributed by atoms with E-state index < -0.39 is 0 Å². The highest BCUT2D eigenvalue weighted by molar-refractivity contribution is 6.18. The van der Waals surface area contributed by atoms with Gasteiger partial charge in [0.15, 0.2) is 0 Å². The number of hydrogen-bond donors (Lipinski definition) is 0. The highest BCUT2D eigenvalue weighted by Crippen LogP contribution is 2.22. The van der Waals surface area contributed by atoms with Crippen LogP contribution in [0.3, 0.4) is 0 Å². The zero-order valence-electron chi connectivity index (χ0n) is 12.5. The van der Waals surface area contributed by atoms with Crippen LogP contribution in [-0.4, -0.2) is 23.4 Å². The summed E-state index contributed by atoms with van der Waals surface area (Å²) in [5.74, 6) is 0.696. The zero-order valence-corrected chi connectivity index (χ0v) is 13.2. The van der Waals surface area contributed by atoms with E-state index in [-0.39, 0.29) is 0 Å². The lowest BCUT2D eigenvalue weighted by Crippen LogP contribution is -2.35. The highest BCUT2D eigenvalue weighted by atomic mass is 35.5. The Morgan fingerprint density at radius 2 is 1.70 bits per heavy atom. The molecule has 1 nitrogen and oxygen atoms in total. The third-order valence-electron chi connectivity index (χ3n) is 4.08. The van der Waals surface area contributed by atoms with Crippen molar-refractivity contribution in [3.8, 4) is 0 Å². The first-order valence-corrected chi connectivity index (χ1v) is 8.10. The summed E-state index contributed by atoms with van der Waals surface area (Å²) in [6.45, 7) is 6.47. The monoisotopic (exact) mass is 289 g/mol. The molecule has 0 aliphatic heterocycles. The minimum absolute atomic E-state index is 0.618. The standard InChI is InChI=1S/C18H24ClN/c1-3-17(4-2)20(13-12-19)14-16-10-7-9-15-8-5-6-11-18(15)16/h5-11,17H,3-4,12-14H2,1-2H3. The van der Waals surface area contributed by atoms with Gasteiger partial charge in [0.1, 0.15) is 0 Å². The zero-order chi connectivity index (χ0) is 14.4. The van der Waals surface area contributed by atoms with Crippen molar-refractivity contribution in [3.63, 3.8) is 0 Å². The van der Waals surface area contributed by atoms with Crippen LogP contribution in [0.5, 0.6) is 0 Å². The first kappa shape index (κ1) is 15.3. The van der Waals surface area contributed by atoms with E-state index >= 15 is 0 Å². The molecule has 0 aliphatic rings. The molecular formula is C18H24ClN. The summed E-state index contributed by atoms with van der Waals surface area (Å²) >= 11 is 6.00. The van der Waals surface area contributed by atoms with Gasteiger partial charge in [0.2, 0.25) is 0 Å². The van der Waals surface area contributed by atoms with Crippen LogP contribution in [0.15, 0.2) is 42.5 Å². The molecule has 0 bridgehead atoms. The quantitative estimate of drug-likeness (QED) is 0.643. The van der Waals surface area contributed by atoms with E-state index in [1.807, 2.05) is 0 Å². The summed E-state index contributed by atoms with van der Waals surface area (Å²) in [5.41, 5.74) is 1.40. The molecule has 2 aromatic carbocycles. The Morgan fingerprint density at radius 1 is 1.00 bits per heavy atom. The van der Waals surface area contributed by atoms with Gasteiger partial charge in [-0.3, -0.25) is 4.90 Å². The maximum atomic E-state index is 6.00. The molecule has 0 heterocycles. The number of halogens is 1. The van der Waals surface area contributed by atoms with Crippen molar-refractivity contribution in [1.29, 1.82) is 0 Å². The van der Waals surface area contributed by atoms with Crippen LogP contribution in [0.1, 0.15) is 32.3 Å². The molecule has 0 unspecified atom stereocenters. The summed E-state index contributed by atoms with van der Waals surface area (Å²) in [5, 5.41) is 2.68. The molecule has 20 heavy (non-hydrogen) atoms. The number of fused-ring (bicyclic) bond motifs is 1. The minimum Gasteiger partial charge on any atom is -0.295 e. The van der Waals surface area contributed by atoms with Gasteiger partial charge in [0, 0.05) is 25.0 Å². The first-order chi connectivity index (χ1) is 9.80. The summed E-state index contributed by atoms with van der Waals surface area (Å²) < 4.78 is 0. The molecule has 0 aromatic heterocycles. The smallest absolute Gasteiger partial charge is 0.0351 e. The molecule has 0 amide bonds. The maximum absolute atomic E-state index is 6.00. The van der Waals surface area contributed by atoms with Gasteiger partial charge in [0.25, 0.3) is 0 Å². The van der Waals surface area contributed by atoms with Gasteiger partial charge in [-0.05, 0) is 29.2 Å². The van der Waals surface area contributed by atoms with Gasteiger partial charge >= 0.3 is 0 Å². The summed E-state index contributed by atoms with van der Waals surface area (Å²) in [6.07, 6.45) is 2.36. The fourth-order valence-corrected chi connectivity index (χ4v) is 3.17. The number of rotatable bonds is 7. The molecule has 0 saturated carbocycles. The van der Waals surface area contributed by atoms with E-state index in [9.17, 15) is 0 Å². The second-order valence-corrected chi connectivity index (χ2v) is 5.65. The highest BCUT2D eigenvalue weighted by Gasteiger charge is 2.15. The third-order valence-corrected chi connectivity index (χ3v) is 4.25. The lowest BCUT2D eigenvalue weighted by Gasteiger charge is -2.30. The van der Waals surface area contributed by atoms with Crippen molar-refractivity contribution < 1.29 is 0 Å². The Morgan fingerprint density at radius 3 is 2.40 bits per heavy atom. The topological polar surface area (TPSA) is 3.24 Å². The average molecular weight is 290 g/mol. The molecular weight excluding hydrogens is 266 g/mol. The fraction of sp³-hybridized carbons (Fsp3) is 0.444. The van der Waals surface area contributed by atoms with Crippen LogP contribution in [0.25, 0.3) is 10.8 Å². The van der Waals surface area contributed by atoms with Gasteiger partial charge in [-0.25, -0.2) is 0 Å². The number of alkyl halides is 1. The van der Waals surface area contributed by atoms with Gasteiger partial charge in [0.05, 0.1) is 0 Å². The predicted molar refractivity (Wildman–Crippen MR) is 89.4 cm³/mol. The van der Waals surface area contributed by atoms with Crippen molar-refractivity contribution in [2.24, 2.45) is 0 Å². The van der Waals surface area contributed by atoms with Gasteiger partial charge in [-0.15, -0.1) is 11.6 Å². The Kier molecular flexibility index (Phi) is 5.87. The van der Waals surface area contributed by atoms with Crippen molar-refractivity contribution in [1.82, 2.24) is 4.90 Å². The Balaban J connectivity index is 2.28. The summed E-state index contributed by atoms with van der Waals surface area (Å²) in [4.78, 5) is 2.52. The van der Waals surface area contributed by atoms with Crippen LogP contribution < -0.4 is 0 Å². The second-order valence-electron chi connectivity index (χ2n) is 5.27. The van der Waals surface area contributed by atoms with Gasteiger partial charge in [-0.1, -0.05) is 56.3 Å². The molecule has 2 aromatic rings. The van der Waals surface area contributed by atoms with E-state index in [0.717, 1.165) is 13.1 Å². The molecule has 0 fully saturated rings. The minimum atomic E-state index is 0.618. The SMILES string of the molecule is CCC(CC)N(CCCl)Cc1cccc2ccccc12. The molecule has 0 radical (unpaired) electrons. The van der Waals surface area contributed by atoms with E-state index in [2.05, 4.69) is 61.2 Å². The Hall–Kier alpha value is -1.05. The van der Waals surface area contributed by atoms with Crippen LogP contribution in [0.4, 0.5) is 0 Å². The molecule has 0 atom stereocenters.